The fraction of sp³-hybridized carbons (Fsp3) is 0.286. The molecule has 0 radical (unpaired) electrons. The molecule has 2 aromatic carbocycles. The van der Waals surface area contributed by atoms with E-state index in [0.717, 1.165) is 25.9 Å². The van der Waals surface area contributed by atoms with Crippen LogP contribution in [0.5, 0.6) is 0 Å². The first-order valence-corrected chi connectivity index (χ1v) is 8.30. The van der Waals surface area contributed by atoms with Crippen LogP contribution < -0.4 is 0 Å². The molecule has 118 valence electrons. The highest BCUT2D eigenvalue weighted by Crippen LogP contribution is 2.22. The van der Waals surface area contributed by atoms with Crippen molar-refractivity contribution in [2.24, 2.45) is 0 Å². The summed E-state index contributed by atoms with van der Waals surface area (Å²) in [6.07, 6.45) is 4.56. The van der Waals surface area contributed by atoms with Gasteiger partial charge in [-0.2, -0.15) is 0 Å². The molecule has 0 aromatic heterocycles. The number of amides is 1. The van der Waals surface area contributed by atoms with Crippen LogP contribution in [-0.2, 0) is 11.2 Å². The van der Waals surface area contributed by atoms with Crippen molar-refractivity contribution in [1.29, 1.82) is 0 Å². The van der Waals surface area contributed by atoms with Gasteiger partial charge >= 0.3 is 0 Å². The Kier molecular flexibility index (Phi) is 4.92. The Hall–Kier alpha value is -2.35. The first-order chi connectivity index (χ1) is 11.2. The number of nitrogens with zero attached hydrogens (tertiary/aromatic N) is 1. The van der Waals surface area contributed by atoms with E-state index in [1.807, 2.05) is 11.0 Å². The highest BCUT2D eigenvalue weighted by molar-refractivity contribution is 5.78. The molecule has 1 amide bonds. The topological polar surface area (TPSA) is 20.3 Å². The molecule has 0 aliphatic carbocycles. The highest BCUT2D eigenvalue weighted by atomic mass is 16.2. The predicted molar refractivity (Wildman–Crippen MR) is 95.1 cm³/mol. The smallest absolute Gasteiger partial charge is 0.223 e. The molecular weight excluding hydrogens is 282 g/mol. The van der Waals surface area contributed by atoms with Crippen LogP contribution in [-0.4, -0.2) is 23.9 Å². The highest BCUT2D eigenvalue weighted by Gasteiger charge is 2.17. The number of hydrogen-bond donors (Lipinski definition) is 0. The molecule has 0 saturated carbocycles. The fourth-order valence-electron chi connectivity index (χ4n) is 2.97. The van der Waals surface area contributed by atoms with Crippen molar-refractivity contribution in [1.82, 2.24) is 4.90 Å². The zero-order valence-corrected chi connectivity index (χ0v) is 13.7. The zero-order valence-electron chi connectivity index (χ0n) is 13.7. The Labute approximate surface area is 138 Å². The molecule has 2 heteroatoms. The van der Waals surface area contributed by atoms with Crippen molar-refractivity contribution < 1.29 is 4.79 Å². The molecule has 0 saturated heterocycles. The zero-order chi connectivity index (χ0) is 16.1. The second-order valence-corrected chi connectivity index (χ2v) is 6.17. The van der Waals surface area contributed by atoms with E-state index in [9.17, 15) is 4.79 Å². The normalized spacial score (nSPS) is 14.5. The van der Waals surface area contributed by atoms with Crippen LogP contribution in [0.3, 0.4) is 0 Å². The van der Waals surface area contributed by atoms with Crippen molar-refractivity contribution in [3.63, 3.8) is 0 Å². The van der Waals surface area contributed by atoms with Crippen LogP contribution in [0, 0.1) is 6.92 Å². The number of hydrogen-bond acceptors (Lipinski definition) is 1. The summed E-state index contributed by atoms with van der Waals surface area (Å²) in [5, 5.41) is 0. The Morgan fingerprint density at radius 2 is 1.78 bits per heavy atom. The van der Waals surface area contributed by atoms with Gasteiger partial charge in [0.15, 0.2) is 0 Å². The molecule has 0 fully saturated rings. The van der Waals surface area contributed by atoms with Gasteiger partial charge in [0.2, 0.25) is 5.91 Å². The lowest BCUT2D eigenvalue weighted by Gasteiger charge is -2.26. The molecule has 1 heterocycles. The molecule has 1 aliphatic rings. The summed E-state index contributed by atoms with van der Waals surface area (Å²) < 4.78 is 0. The Morgan fingerprint density at radius 3 is 2.43 bits per heavy atom. The molecule has 2 aromatic rings. The quantitative estimate of drug-likeness (QED) is 0.827. The minimum absolute atomic E-state index is 0.258. The van der Waals surface area contributed by atoms with E-state index in [1.54, 1.807) is 0 Å². The van der Waals surface area contributed by atoms with Gasteiger partial charge < -0.3 is 4.90 Å². The standard InChI is InChI=1S/C21H23NO/c1-17-7-9-18(10-8-17)11-12-21(23)22-15-13-20(14-16-22)19-5-3-2-4-6-19/h2-10,13H,11-12,14-16H2,1H3. The Bertz CT molecular complexity index is 686. The van der Waals surface area contributed by atoms with Crippen LogP contribution in [0.4, 0.5) is 0 Å². The largest absolute Gasteiger partial charge is 0.339 e. The lowest BCUT2D eigenvalue weighted by atomic mass is 9.99. The summed E-state index contributed by atoms with van der Waals surface area (Å²) in [5.41, 5.74) is 5.13. The molecule has 23 heavy (non-hydrogen) atoms. The van der Waals surface area contributed by atoms with Gasteiger partial charge in [0.05, 0.1) is 0 Å². The predicted octanol–water partition coefficient (Wildman–Crippen LogP) is 4.24. The van der Waals surface area contributed by atoms with E-state index >= 15 is 0 Å². The Balaban J connectivity index is 1.54. The third-order valence-electron chi connectivity index (χ3n) is 4.45. The summed E-state index contributed by atoms with van der Waals surface area (Å²) in [6.45, 7) is 3.64. The van der Waals surface area contributed by atoms with Gasteiger partial charge in [-0.15, -0.1) is 0 Å². The van der Waals surface area contributed by atoms with Gasteiger partial charge in [0.25, 0.3) is 0 Å². The van der Waals surface area contributed by atoms with Crippen molar-refractivity contribution in [3.05, 3.63) is 77.4 Å². The van der Waals surface area contributed by atoms with E-state index in [4.69, 9.17) is 0 Å². The van der Waals surface area contributed by atoms with Gasteiger partial charge in [-0.3, -0.25) is 4.79 Å². The summed E-state index contributed by atoms with van der Waals surface area (Å²) in [7, 11) is 0. The SMILES string of the molecule is Cc1ccc(CCC(=O)N2CC=C(c3ccccc3)CC2)cc1. The first-order valence-electron chi connectivity index (χ1n) is 8.30. The van der Waals surface area contributed by atoms with Crippen LogP contribution >= 0.6 is 0 Å². The van der Waals surface area contributed by atoms with E-state index in [-0.39, 0.29) is 5.91 Å². The lowest BCUT2D eigenvalue weighted by Crippen LogP contribution is -2.34. The number of carbonyl (C=O) groups is 1. The number of rotatable bonds is 4. The molecular formula is C21H23NO. The van der Waals surface area contributed by atoms with E-state index in [0.29, 0.717) is 6.42 Å². The average molecular weight is 305 g/mol. The minimum Gasteiger partial charge on any atom is -0.339 e. The summed E-state index contributed by atoms with van der Waals surface area (Å²) >= 11 is 0. The monoisotopic (exact) mass is 305 g/mol. The van der Waals surface area contributed by atoms with Crippen molar-refractivity contribution in [2.75, 3.05) is 13.1 Å². The van der Waals surface area contributed by atoms with Crippen molar-refractivity contribution in [3.8, 4) is 0 Å². The maximum atomic E-state index is 12.4. The molecule has 0 atom stereocenters. The van der Waals surface area contributed by atoms with E-state index < -0.39 is 0 Å². The van der Waals surface area contributed by atoms with Crippen LogP contribution in [0.15, 0.2) is 60.7 Å². The van der Waals surface area contributed by atoms with Crippen LogP contribution in [0.25, 0.3) is 5.57 Å². The van der Waals surface area contributed by atoms with Gasteiger partial charge in [-0.05, 0) is 36.5 Å². The second-order valence-electron chi connectivity index (χ2n) is 6.17. The second kappa shape index (κ2) is 7.28. The third-order valence-corrected chi connectivity index (χ3v) is 4.45. The maximum Gasteiger partial charge on any atom is 0.223 e. The van der Waals surface area contributed by atoms with Gasteiger partial charge in [-0.1, -0.05) is 66.2 Å². The number of aryl methyl sites for hydroxylation is 2. The van der Waals surface area contributed by atoms with Gasteiger partial charge in [0.1, 0.15) is 0 Å². The fourth-order valence-corrected chi connectivity index (χ4v) is 2.97. The van der Waals surface area contributed by atoms with Crippen LogP contribution in [0.2, 0.25) is 0 Å². The van der Waals surface area contributed by atoms with Gasteiger partial charge in [-0.25, -0.2) is 0 Å². The molecule has 0 N–H and O–H groups in total. The lowest BCUT2D eigenvalue weighted by molar-refractivity contribution is -0.130. The number of carbonyl (C=O) groups excluding carboxylic acids is 1. The molecule has 2 nitrogen and oxygen atoms in total. The third kappa shape index (κ3) is 4.10. The van der Waals surface area contributed by atoms with Crippen molar-refractivity contribution >= 4 is 11.5 Å². The maximum absolute atomic E-state index is 12.4. The minimum atomic E-state index is 0.258. The summed E-state index contributed by atoms with van der Waals surface area (Å²) in [4.78, 5) is 14.4. The van der Waals surface area contributed by atoms with E-state index in [2.05, 4.69) is 61.5 Å². The average Bonchev–Trinajstić information content (AvgIpc) is 2.62. The summed E-state index contributed by atoms with van der Waals surface area (Å²) in [5.74, 6) is 0.258. The van der Waals surface area contributed by atoms with Crippen molar-refractivity contribution in [2.45, 2.75) is 26.2 Å². The molecule has 3 rings (SSSR count). The molecule has 0 bridgehead atoms. The summed E-state index contributed by atoms with van der Waals surface area (Å²) in [6, 6.07) is 18.9. The van der Waals surface area contributed by atoms with E-state index in [1.165, 1.54) is 22.3 Å². The molecule has 1 aliphatic heterocycles. The number of benzene rings is 2. The first kappa shape index (κ1) is 15.5. The van der Waals surface area contributed by atoms with Gasteiger partial charge in [0, 0.05) is 19.5 Å². The Morgan fingerprint density at radius 1 is 1.04 bits per heavy atom. The van der Waals surface area contributed by atoms with Crippen LogP contribution in [0.1, 0.15) is 29.5 Å². The molecule has 0 unspecified atom stereocenters. The molecule has 0 spiro atoms.